The van der Waals surface area contributed by atoms with E-state index in [2.05, 4.69) is 4.74 Å². The summed E-state index contributed by atoms with van der Waals surface area (Å²) in [4.78, 5) is 11.0. The fourth-order valence-corrected chi connectivity index (χ4v) is 2.37. The van der Waals surface area contributed by atoms with Gasteiger partial charge in [0.2, 0.25) is 0 Å². The number of methoxy groups -OCH3 is 1. The van der Waals surface area contributed by atoms with Crippen LogP contribution in [0, 0.1) is 0 Å². The van der Waals surface area contributed by atoms with Crippen molar-refractivity contribution in [1.82, 2.24) is 0 Å². The topological polar surface area (TPSA) is 92.8 Å². The molecule has 1 atom stereocenters. The number of hydrogen-bond donors (Lipinski definition) is 3. The Morgan fingerprint density at radius 1 is 1.24 bits per heavy atom. The zero-order valence-electron chi connectivity index (χ0n) is 13.6. The van der Waals surface area contributed by atoms with E-state index in [1.54, 1.807) is 6.08 Å². The highest BCUT2D eigenvalue weighted by atomic mass is 16.5. The van der Waals surface area contributed by atoms with E-state index in [4.69, 9.17) is 15.9 Å². The SMILES string of the molecule is CC.COC(=O)C1=CC(N)CCC1.OC1(O)CCCCC1. The molecule has 0 bridgehead atoms. The van der Waals surface area contributed by atoms with Crippen LogP contribution in [0.3, 0.4) is 0 Å². The minimum absolute atomic E-state index is 0.0397. The van der Waals surface area contributed by atoms with Crippen molar-refractivity contribution in [3.63, 3.8) is 0 Å². The van der Waals surface area contributed by atoms with Gasteiger partial charge in [-0.15, -0.1) is 0 Å². The normalized spacial score (nSPS) is 23.5. The second-order valence-corrected chi connectivity index (χ2v) is 5.28. The van der Waals surface area contributed by atoms with Crippen LogP contribution in [-0.2, 0) is 9.53 Å². The molecule has 5 nitrogen and oxygen atoms in total. The van der Waals surface area contributed by atoms with E-state index in [1.165, 1.54) is 7.11 Å². The number of rotatable bonds is 1. The number of aliphatic hydroxyl groups is 2. The van der Waals surface area contributed by atoms with Gasteiger partial charge < -0.3 is 20.7 Å². The van der Waals surface area contributed by atoms with Crippen LogP contribution in [0.4, 0.5) is 0 Å². The lowest BCUT2D eigenvalue weighted by Crippen LogP contribution is -2.30. The summed E-state index contributed by atoms with van der Waals surface area (Å²) in [6.45, 7) is 4.00. The van der Waals surface area contributed by atoms with Gasteiger partial charge in [0, 0.05) is 24.5 Å². The maximum Gasteiger partial charge on any atom is 0.333 e. The highest BCUT2D eigenvalue weighted by Crippen LogP contribution is 2.24. The van der Waals surface area contributed by atoms with Crippen molar-refractivity contribution in [1.29, 1.82) is 0 Å². The van der Waals surface area contributed by atoms with E-state index >= 15 is 0 Å². The smallest absolute Gasteiger partial charge is 0.333 e. The summed E-state index contributed by atoms with van der Waals surface area (Å²) in [5.41, 5.74) is 6.36. The summed E-state index contributed by atoms with van der Waals surface area (Å²) in [5, 5.41) is 17.9. The van der Waals surface area contributed by atoms with Crippen molar-refractivity contribution < 1.29 is 19.7 Å². The van der Waals surface area contributed by atoms with Crippen LogP contribution in [0.5, 0.6) is 0 Å². The minimum Gasteiger partial charge on any atom is -0.466 e. The van der Waals surface area contributed by atoms with Crippen molar-refractivity contribution >= 4 is 5.97 Å². The molecule has 1 fully saturated rings. The minimum atomic E-state index is -1.32. The van der Waals surface area contributed by atoms with Gasteiger partial charge in [-0.25, -0.2) is 4.79 Å². The second kappa shape index (κ2) is 10.8. The lowest BCUT2D eigenvalue weighted by atomic mass is 9.95. The van der Waals surface area contributed by atoms with Crippen LogP contribution in [-0.4, -0.2) is 35.1 Å². The zero-order valence-corrected chi connectivity index (χ0v) is 13.6. The van der Waals surface area contributed by atoms with Gasteiger partial charge in [-0.3, -0.25) is 0 Å². The van der Waals surface area contributed by atoms with E-state index in [0.717, 1.165) is 44.1 Å². The number of carbonyl (C=O) groups is 1. The highest BCUT2D eigenvalue weighted by Gasteiger charge is 2.24. The Bertz CT molecular complexity index is 318. The van der Waals surface area contributed by atoms with E-state index in [9.17, 15) is 4.79 Å². The lowest BCUT2D eigenvalue weighted by molar-refractivity contribution is -0.180. The molecule has 1 unspecified atom stereocenters. The molecule has 2 aliphatic carbocycles. The number of esters is 1. The molecule has 5 heteroatoms. The molecule has 2 aliphatic rings. The Balaban J connectivity index is 0.000000354. The van der Waals surface area contributed by atoms with Crippen LogP contribution < -0.4 is 5.73 Å². The van der Waals surface area contributed by atoms with E-state index < -0.39 is 5.79 Å². The maximum absolute atomic E-state index is 11.0. The van der Waals surface area contributed by atoms with Crippen LogP contribution in [0.2, 0.25) is 0 Å². The van der Waals surface area contributed by atoms with E-state index in [1.807, 2.05) is 13.8 Å². The summed E-state index contributed by atoms with van der Waals surface area (Å²) < 4.78 is 4.58. The fraction of sp³-hybridized carbons (Fsp3) is 0.812. The third kappa shape index (κ3) is 8.86. The largest absolute Gasteiger partial charge is 0.466 e. The molecule has 0 radical (unpaired) electrons. The first-order valence-corrected chi connectivity index (χ1v) is 7.94. The van der Waals surface area contributed by atoms with E-state index in [-0.39, 0.29) is 12.0 Å². The number of ether oxygens (including phenoxy) is 1. The lowest BCUT2D eigenvalue weighted by Gasteiger charge is -2.25. The average Bonchev–Trinajstić information content (AvgIpc) is 2.49. The summed E-state index contributed by atoms with van der Waals surface area (Å²) in [5.74, 6) is -1.56. The molecule has 0 heterocycles. The van der Waals surface area contributed by atoms with Crippen LogP contribution in [0.15, 0.2) is 11.6 Å². The summed E-state index contributed by atoms with van der Waals surface area (Å²) in [7, 11) is 1.39. The Labute approximate surface area is 128 Å². The van der Waals surface area contributed by atoms with Gasteiger partial charge in [0.25, 0.3) is 0 Å². The Hall–Kier alpha value is -0.910. The van der Waals surface area contributed by atoms with Crippen LogP contribution >= 0.6 is 0 Å². The highest BCUT2D eigenvalue weighted by molar-refractivity contribution is 5.88. The van der Waals surface area contributed by atoms with Crippen molar-refractivity contribution in [3.8, 4) is 0 Å². The molecule has 0 aromatic heterocycles. The Morgan fingerprint density at radius 2 is 1.81 bits per heavy atom. The first-order chi connectivity index (χ1) is 9.94. The Kier molecular flexibility index (Phi) is 10.3. The molecule has 4 N–H and O–H groups in total. The van der Waals surface area contributed by atoms with Gasteiger partial charge in [0.1, 0.15) is 0 Å². The maximum atomic E-state index is 11.0. The van der Waals surface area contributed by atoms with Crippen molar-refractivity contribution in [2.45, 2.75) is 77.0 Å². The predicted octanol–water partition coefficient (Wildman–Crippen LogP) is 2.25. The van der Waals surface area contributed by atoms with Gasteiger partial charge in [-0.2, -0.15) is 0 Å². The summed E-state index contributed by atoms with van der Waals surface area (Å²) in [6, 6.07) is 0.0397. The fourth-order valence-electron chi connectivity index (χ4n) is 2.37. The molecule has 1 saturated carbocycles. The van der Waals surface area contributed by atoms with Gasteiger partial charge in [0.15, 0.2) is 5.79 Å². The van der Waals surface area contributed by atoms with Gasteiger partial charge in [-0.1, -0.05) is 26.3 Å². The number of nitrogens with two attached hydrogens (primary N) is 1. The molecule has 0 saturated heterocycles. The molecule has 21 heavy (non-hydrogen) atoms. The standard InChI is InChI=1S/C8H13NO2.C6H12O2.C2H6/c1-11-8(10)6-3-2-4-7(9)5-6;7-6(8)4-2-1-3-5-6;1-2/h5,7H,2-4,9H2,1H3;7-8H,1-5H2;1-2H3. The quantitative estimate of drug-likeness (QED) is 0.510. The van der Waals surface area contributed by atoms with Gasteiger partial charge in [0.05, 0.1) is 7.11 Å². The number of carbonyl (C=O) groups excluding carboxylic acids is 1. The summed E-state index contributed by atoms with van der Waals surface area (Å²) >= 11 is 0. The predicted molar refractivity (Wildman–Crippen MR) is 83.5 cm³/mol. The van der Waals surface area contributed by atoms with Crippen molar-refractivity contribution in [3.05, 3.63) is 11.6 Å². The number of hydrogen-bond acceptors (Lipinski definition) is 5. The van der Waals surface area contributed by atoms with Gasteiger partial charge in [-0.05, 0) is 32.1 Å². The van der Waals surface area contributed by atoms with Crippen molar-refractivity contribution in [2.24, 2.45) is 5.73 Å². The molecule has 0 aromatic rings. The first-order valence-electron chi connectivity index (χ1n) is 7.94. The monoisotopic (exact) mass is 301 g/mol. The van der Waals surface area contributed by atoms with Gasteiger partial charge >= 0.3 is 5.97 Å². The van der Waals surface area contributed by atoms with E-state index in [0.29, 0.717) is 12.8 Å². The molecule has 0 aliphatic heterocycles. The summed E-state index contributed by atoms with van der Waals surface area (Å²) in [6.07, 6.45) is 8.78. The second-order valence-electron chi connectivity index (χ2n) is 5.28. The molecular formula is C16H31NO4. The third-order valence-corrected chi connectivity index (χ3v) is 3.50. The molecule has 0 amide bonds. The van der Waals surface area contributed by atoms with Crippen LogP contribution in [0.25, 0.3) is 0 Å². The van der Waals surface area contributed by atoms with Crippen LogP contribution in [0.1, 0.15) is 65.2 Å². The first kappa shape index (κ1) is 20.1. The molecular weight excluding hydrogens is 270 g/mol. The molecule has 0 spiro atoms. The average molecular weight is 301 g/mol. The molecule has 2 rings (SSSR count). The third-order valence-electron chi connectivity index (χ3n) is 3.50. The molecule has 0 aromatic carbocycles. The molecule has 124 valence electrons. The Morgan fingerprint density at radius 3 is 2.19 bits per heavy atom. The van der Waals surface area contributed by atoms with Crippen molar-refractivity contribution in [2.75, 3.05) is 7.11 Å². The zero-order chi connectivity index (χ0) is 16.3.